The van der Waals surface area contributed by atoms with Gasteiger partial charge in [-0.15, -0.1) is 0 Å². The maximum absolute atomic E-state index is 13.6. The molecular weight excluding hydrogens is 281 g/mol. The van der Waals surface area contributed by atoms with Crippen molar-refractivity contribution in [1.82, 2.24) is 0 Å². The van der Waals surface area contributed by atoms with E-state index in [1.54, 1.807) is 12.1 Å². The van der Waals surface area contributed by atoms with E-state index in [0.29, 0.717) is 0 Å². The Morgan fingerprint density at radius 3 is 2.40 bits per heavy atom. The number of aryl methyl sites for hydroxylation is 1. The largest absolute Gasteiger partial charge is 0.452 e. The quantitative estimate of drug-likeness (QED) is 0.884. The molecule has 0 fully saturated rings. The fourth-order valence-corrected chi connectivity index (χ4v) is 2.31. The van der Waals surface area contributed by atoms with Gasteiger partial charge in [-0.3, -0.25) is 0 Å². The van der Waals surface area contributed by atoms with Crippen LogP contribution in [-0.2, 0) is 9.84 Å². The second-order valence-electron chi connectivity index (χ2n) is 4.51. The number of sulfone groups is 1. The minimum absolute atomic E-state index is 0.0452. The molecule has 0 spiro atoms. The Morgan fingerprint density at radius 1 is 1.10 bits per heavy atom. The molecule has 0 atom stereocenters. The van der Waals surface area contributed by atoms with E-state index in [1.807, 2.05) is 6.92 Å². The Kier molecular flexibility index (Phi) is 3.67. The average Bonchev–Trinajstić information content (AvgIpc) is 2.35. The highest BCUT2D eigenvalue weighted by Crippen LogP contribution is 2.31. The Morgan fingerprint density at radius 2 is 1.80 bits per heavy atom. The van der Waals surface area contributed by atoms with Crippen molar-refractivity contribution in [2.45, 2.75) is 11.8 Å². The molecule has 0 aliphatic carbocycles. The molecule has 0 aliphatic heterocycles. The predicted molar refractivity (Wildman–Crippen MR) is 75.2 cm³/mol. The summed E-state index contributed by atoms with van der Waals surface area (Å²) in [5, 5.41) is 0. The lowest BCUT2D eigenvalue weighted by molar-refractivity contribution is 0.443. The zero-order chi connectivity index (χ0) is 14.9. The monoisotopic (exact) mass is 295 g/mol. The van der Waals surface area contributed by atoms with E-state index < -0.39 is 15.7 Å². The van der Waals surface area contributed by atoms with Crippen LogP contribution in [0.2, 0.25) is 0 Å². The molecule has 4 nitrogen and oxygen atoms in total. The number of benzene rings is 2. The van der Waals surface area contributed by atoms with Crippen LogP contribution in [0.4, 0.5) is 10.1 Å². The maximum Gasteiger partial charge on any atom is 0.175 e. The second-order valence-corrected chi connectivity index (χ2v) is 6.52. The molecule has 20 heavy (non-hydrogen) atoms. The van der Waals surface area contributed by atoms with Gasteiger partial charge in [-0.2, -0.15) is 0 Å². The number of rotatable bonds is 3. The first-order valence-electron chi connectivity index (χ1n) is 5.81. The fourth-order valence-electron chi connectivity index (χ4n) is 1.66. The number of hydrogen-bond acceptors (Lipinski definition) is 4. The highest BCUT2D eigenvalue weighted by atomic mass is 32.2. The van der Waals surface area contributed by atoms with Gasteiger partial charge in [-0.25, -0.2) is 12.8 Å². The van der Waals surface area contributed by atoms with Gasteiger partial charge < -0.3 is 10.5 Å². The molecule has 0 aliphatic rings. The topological polar surface area (TPSA) is 69.4 Å². The van der Waals surface area contributed by atoms with Crippen molar-refractivity contribution in [3.63, 3.8) is 0 Å². The average molecular weight is 295 g/mol. The van der Waals surface area contributed by atoms with Gasteiger partial charge in [-0.05, 0) is 42.8 Å². The van der Waals surface area contributed by atoms with Crippen LogP contribution in [0.15, 0.2) is 41.3 Å². The molecule has 0 saturated carbocycles. The van der Waals surface area contributed by atoms with E-state index in [2.05, 4.69) is 0 Å². The van der Waals surface area contributed by atoms with Crippen LogP contribution >= 0.6 is 0 Å². The van der Waals surface area contributed by atoms with Crippen molar-refractivity contribution in [1.29, 1.82) is 0 Å². The lowest BCUT2D eigenvalue weighted by atomic mass is 10.2. The normalized spacial score (nSPS) is 11.3. The first-order chi connectivity index (χ1) is 9.27. The number of ether oxygens (including phenoxy) is 1. The molecule has 106 valence electrons. The van der Waals surface area contributed by atoms with Gasteiger partial charge in [-0.1, -0.05) is 6.07 Å². The number of anilines is 1. The van der Waals surface area contributed by atoms with Crippen molar-refractivity contribution < 1.29 is 17.5 Å². The van der Waals surface area contributed by atoms with Crippen LogP contribution in [-0.4, -0.2) is 14.7 Å². The summed E-state index contributed by atoms with van der Waals surface area (Å²) in [7, 11) is -3.34. The van der Waals surface area contributed by atoms with Gasteiger partial charge >= 0.3 is 0 Å². The molecule has 0 bridgehead atoms. The lowest BCUT2D eigenvalue weighted by Crippen LogP contribution is -2.00. The third-order valence-corrected chi connectivity index (χ3v) is 3.83. The van der Waals surface area contributed by atoms with Crippen molar-refractivity contribution in [2.75, 3.05) is 12.0 Å². The Hall–Kier alpha value is -2.08. The smallest absolute Gasteiger partial charge is 0.175 e. The first kappa shape index (κ1) is 14.3. The van der Waals surface area contributed by atoms with Crippen LogP contribution in [0.25, 0.3) is 0 Å². The number of hydrogen-bond donors (Lipinski definition) is 1. The molecule has 2 aromatic carbocycles. The van der Waals surface area contributed by atoms with E-state index in [0.717, 1.165) is 11.8 Å². The molecule has 0 unspecified atom stereocenters. The number of nitrogen functional groups attached to an aromatic ring is 1. The summed E-state index contributed by atoms with van der Waals surface area (Å²) < 4.78 is 41.8. The van der Waals surface area contributed by atoms with Crippen LogP contribution in [0.5, 0.6) is 11.5 Å². The minimum atomic E-state index is -3.34. The molecule has 0 aromatic heterocycles. The van der Waals surface area contributed by atoms with Crippen LogP contribution in [0.1, 0.15) is 5.56 Å². The zero-order valence-electron chi connectivity index (χ0n) is 11.1. The fraction of sp³-hybridized carbons (Fsp3) is 0.143. The highest BCUT2D eigenvalue weighted by molar-refractivity contribution is 7.90. The van der Waals surface area contributed by atoms with Crippen LogP contribution in [0, 0.1) is 12.7 Å². The molecule has 2 aromatic rings. The SMILES string of the molecule is Cc1ccc(F)c(Oc2ccc(S(C)(=O)=O)cc2N)c1. The van der Waals surface area contributed by atoms with Gasteiger partial charge in [0.2, 0.25) is 0 Å². The summed E-state index contributed by atoms with van der Waals surface area (Å²) >= 11 is 0. The van der Waals surface area contributed by atoms with E-state index in [4.69, 9.17) is 10.5 Å². The minimum Gasteiger partial charge on any atom is -0.452 e. The first-order valence-corrected chi connectivity index (χ1v) is 7.70. The lowest BCUT2D eigenvalue weighted by Gasteiger charge is -2.10. The van der Waals surface area contributed by atoms with Crippen molar-refractivity contribution in [2.24, 2.45) is 0 Å². The second kappa shape index (κ2) is 5.13. The summed E-state index contributed by atoms with van der Waals surface area (Å²) in [4.78, 5) is 0.0899. The Balaban J connectivity index is 2.38. The van der Waals surface area contributed by atoms with E-state index in [9.17, 15) is 12.8 Å². The third-order valence-electron chi connectivity index (χ3n) is 2.72. The maximum atomic E-state index is 13.6. The van der Waals surface area contributed by atoms with Gasteiger partial charge in [0.05, 0.1) is 10.6 Å². The molecular formula is C14H14FNO3S. The Labute approximate surface area is 116 Å². The summed E-state index contributed by atoms with van der Waals surface area (Å²) in [6.07, 6.45) is 1.09. The van der Waals surface area contributed by atoms with Crippen LogP contribution < -0.4 is 10.5 Å². The van der Waals surface area contributed by atoms with Gasteiger partial charge in [0.1, 0.15) is 0 Å². The van der Waals surface area contributed by atoms with Crippen molar-refractivity contribution in [3.05, 3.63) is 47.8 Å². The molecule has 0 radical (unpaired) electrons. The zero-order valence-corrected chi connectivity index (χ0v) is 11.9. The number of halogens is 1. The summed E-state index contributed by atoms with van der Waals surface area (Å²) in [5.41, 5.74) is 6.72. The van der Waals surface area contributed by atoms with Crippen molar-refractivity contribution >= 4 is 15.5 Å². The molecule has 0 saturated heterocycles. The van der Waals surface area contributed by atoms with E-state index in [-0.39, 0.29) is 22.1 Å². The number of nitrogens with two attached hydrogens (primary N) is 1. The van der Waals surface area contributed by atoms with Crippen molar-refractivity contribution in [3.8, 4) is 11.5 Å². The Bertz CT molecular complexity index is 757. The third kappa shape index (κ3) is 3.08. The molecule has 0 heterocycles. The highest BCUT2D eigenvalue weighted by Gasteiger charge is 2.12. The van der Waals surface area contributed by atoms with E-state index in [1.165, 1.54) is 24.3 Å². The van der Waals surface area contributed by atoms with Crippen LogP contribution in [0.3, 0.4) is 0 Å². The standard InChI is InChI=1S/C14H14FNO3S/c1-9-3-5-11(15)14(7-9)19-13-6-4-10(8-12(13)16)20(2,17)18/h3-8H,16H2,1-2H3. The van der Waals surface area contributed by atoms with Gasteiger partial charge in [0.25, 0.3) is 0 Å². The molecule has 6 heteroatoms. The van der Waals surface area contributed by atoms with Gasteiger partial charge in [0.15, 0.2) is 27.2 Å². The molecule has 0 amide bonds. The summed E-state index contributed by atoms with van der Waals surface area (Å²) in [6, 6.07) is 8.53. The molecule has 2 rings (SSSR count). The van der Waals surface area contributed by atoms with E-state index >= 15 is 0 Å². The summed E-state index contributed by atoms with van der Waals surface area (Å²) in [5.74, 6) is -0.257. The summed E-state index contributed by atoms with van der Waals surface area (Å²) in [6.45, 7) is 1.81. The molecule has 2 N–H and O–H groups in total. The van der Waals surface area contributed by atoms with Gasteiger partial charge in [0, 0.05) is 6.26 Å². The predicted octanol–water partition coefficient (Wildman–Crippen LogP) is 2.91.